The van der Waals surface area contributed by atoms with Crippen LogP contribution in [0.3, 0.4) is 0 Å². The van der Waals surface area contributed by atoms with E-state index in [1.165, 1.54) is 5.69 Å². The van der Waals surface area contributed by atoms with Crippen molar-refractivity contribution in [2.45, 2.75) is 0 Å². The Kier molecular flexibility index (Phi) is 5.40. The van der Waals surface area contributed by atoms with Gasteiger partial charge in [0.05, 0.1) is 15.9 Å². The molecule has 0 unspecified atom stereocenters. The monoisotopic (exact) mass is 414 g/mol. The lowest BCUT2D eigenvalue weighted by molar-refractivity contribution is 0.313. The average Bonchev–Trinajstić information content (AvgIpc) is 2.69. The minimum absolute atomic E-state index is 0.264. The molecule has 28 heavy (non-hydrogen) atoms. The highest BCUT2D eigenvalue weighted by Crippen LogP contribution is 2.23. The summed E-state index contributed by atoms with van der Waals surface area (Å²) < 4.78 is 0. The van der Waals surface area contributed by atoms with E-state index in [1.807, 2.05) is 12.1 Å². The third-order valence-corrected chi connectivity index (χ3v) is 5.47. The van der Waals surface area contributed by atoms with Gasteiger partial charge < -0.3 is 14.8 Å². The Morgan fingerprint density at radius 2 is 1.82 bits per heavy atom. The first-order chi connectivity index (χ1) is 13.5. The number of hydrogen-bond donors (Lipinski definition) is 1. The van der Waals surface area contributed by atoms with Crippen LogP contribution < -0.4 is 10.5 Å². The summed E-state index contributed by atoms with van der Waals surface area (Å²) in [6.45, 7) is 4.19. The van der Waals surface area contributed by atoms with Crippen LogP contribution in [-0.2, 0) is 0 Å². The first kappa shape index (κ1) is 19.0. The molecule has 2 heterocycles. The van der Waals surface area contributed by atoms with E-state index in [0.717, 1.165) is 31.7 Å². The molecule has 0 atom stereocenters. The predicted octanol–water partition coefficient (Wildman–Crippen LogP) is 4.07. The van der Waals surface area contributed by atoms with Gasteiger partial charge in [-0.1, -0.05) is 35.3 Å². The molecule has 0 amide bonds. The quantitative estimate of drug-likeness (QED) is 0.701. The number of H-pyrrole nitrogens is 1. The lowest BCUT2D eigenvalue weighted by atomic mass is 10.1. The predicted molar refractivity (Wildman–Crippen MR) is 117 cm³/mol. The van der Waals surface area contributed by atoms with Crippen LogP contribution in [0, 0.1) is 0 Å². The van der Waals surface area contributed by atoms with Crippen molar-refractivity contribution in [2.24, 2.45) is 0 Å². The van der Waals surface area contributed by atoms with Crippen molar-refractivity contribution in [3.8, 4) is 0 Å². The Morgan fingerprint density at radius 1 is 1.11 bits per heavy atom. The van der Waals surface area contributed by atoms with E-state index in [-0.39, 0.29) is 5.56 Å². The van der Waals surface area contributed by atoms with Crippen LogP contribution in [0.15, 0.2) is 47.3 Å². The van der Waals surface area contributed by atoms with Crippen molar-refractivity contribution < 1.29 is 0 Å². The lowest BCUT2D eigenvalue weighted by Crippen LogP contribution is -2.44. The van der Waals surface area contributed by atoms with Crippen LogP contribution in [0.25, 0.3) is 22.0 Å². The molecule has 1 aliphatic heterocycles. The maximum atomic E-state index is 12.3. The molecule has 0 spiro atoms. The van der Waals surface area contributed by atoms with Crippen molar-refractivity contribution >= 4 is 50.9 Å². The molecule has 3 aromatic rings. The van der Waals surface area contributed by atoms with Crippen LogP contribution >= 0.6 is 23.2 Å². The van der Waals surface area contributed by atoms with Gasteiger partial charge in [0.2, 0.25) is 0 Å². The van der Waals surface area contributed by atoms with E-state index in [0.29, 0.717) is 26.8 Å². The van der Waals surface area contributed by atoms with Gasteiger partial charge in [0, 0.05) is 36.9 Å². The van der Waals surface area contributed by atoms with E-state index >= 15 is 0 Å². The molecule has 7 heteroatoms. The SMILES string of the molecule is CN1CCN(c2ccc(/C=C(\Cl)c3nc4ccc(Cl)cc4c(=O)[nH]3)cc2)CC1. The van der Waals surface area contributed by atoms with E-state index in [2.05, 4.69) is 38.9 Å². The van der Waals surface area contributed by atoms with Crippen molar-refractivity contribution in [1.29, 1.82) is 0 Å². The molecule has 0 radical (unpaired) electrons. The Balaban J connectivity index is 1.58. The number of hydrogen-bond acceptors (Lipinski definition) is 4. The largest absolute Gasteiger partial charge is 0.369 e. The number of aromatic amines is 1. The summed E-state index contributed by atoms with van der Waals surface area (Å²) in [5.74, 6) is 0.338. The van der Waals surface area contributed by atoms with Crippen LogP contribution in [0.2, 0.25) is 5.02 Å². The molecule has 1 fully saturated rings. The van der Waals surface area contributed by atoms with Crippen LogP contribution in [-0.4, -0.2) is 48.1 Å². The molecule has 0 saturated carbocycles. The highest BCUT2D eigenvalue weighted by molar-refractivity contribution is 6.50. The van der Waals surface area contributed by atoms with E-state index in [1.54, 1.807) is 24.3 Å². The summed E-state index contributed by atoms with van der Waals surface area (Å²) in [7, 11) is 2.15. The fourth-order valence-electron chi connectivity index (χ4n) is 3.28. The normalized spacial score (nSPS) is 16.0. The molecule has 144 valence electrons. The van der Waals surface area contributed by atoms with Crippen molar-refractivity contribution in [1.82, 2.24) is 14.9 Å². The summed E-state index contributed by atoms with van der Waals surface area (Å²) in [4.78, 5) is 24.2. The maximum Gasteiger partial charge on any atom is 0.259 e. The minimum Gasteiger partial charge on any atom is -0.369 e. The zero-order chi connectivity index (χ0) is 19.7. The molecule has 1 N–H and O–H groups in total. The minimum atomic E-state index is -0.264. The summed E-state index contributed by atoms with van der Waals surface area (Å²) in [6, 6.07) is 13.3. The molecule has 1 saturated heterocycles. The standard InChI is InChI=1S/C21H20Cl2N4O/c1-26-8-10-27(11-9-26)16-5-2-14(3-6-16)12-18(23)20-24-19-7-4-15(22)13-17(19)21(28)25-20/h2-7,12-13H,8-11H2,1H3,(H,24,25,28)/b18-12-. The third-order valence-electron chi connectivity index (χ3n) is 4.95. The van der Waals surface area contributed by atoms with Gasteiger partial charge in [-0.25, -0.2) is 4.98 Å². The van der Waals surface area contributed by atoms with Gasteiger partial charge in [0.15, 0.2) is 5.82 Å². The number of anilines is 1. The van der Waals surface area contributed by atoms with E-state index in [4.69, 9.17) is 23.2 Å². The Bertz CT molecular complexity index is 1080. The third kappa shape index (κ3) is 4.07. The van der Waals surface area contributed by atoms with Gasteiger partial charge in [-0.15, -0.1) is 0 Å². The van der Waals surface area contributed by atoms with Gasteiger partial charge in [0.1, 0.15) is 0 Å². The molecule has 0 bridgehead atoms. The average molecular weight is 415 g/mol. The van der Waals surface area contributed by atoms with Gasteiger partial charge in [-0.3, -0.25) is 4.79 Å². The topological polar surface area (TPSA) is 52.2 Å². The number of benzene rings is 2. The van der Waals surface area contributed by atoms with Crippen molar-refractivity contribution in [2.75, 3.05) is 38.1 Å². The number of nitrogens with zero attached hydrogens (tertiary/aromatic N) is 3. The lowest BCUT2D eigenvalue weighted by Gasteiger charge is -2.34. The molecule has 2 aromatic carbocycles. The van der Waals surface area contributed by atoms with Gasteiger partial charge in [-0.2, -0.15) is 0 Å². The number of rotatable bonds is 3. The Labute approximate surface area is 173 Å². The van der Waals surface area contributed by atoms with Crippen molar-refractivity contribution in [3.63, 3.8) is 0 Å². The van der Waals surface area contributed by atoms with Crippen LogP contribution in [0.5, 0.6) is 0 Å². The highest BCUT2D eigenvalue weighted by atomic mass is 35.5. The molecule has 1 aliphatic rings. The molecule has 1 aromatic heterocycles. The van der Waals surface area contributed by atoms with Crippen LogP contribution in [0.1, 0.15) is 11.4 Å². The van der Waals surface area contributed by atoms with Crippen molar-refractivity contribution in [3.05, 3.63) is 69.2 Å². The summed E-state index contributed by atoms with van der Waals surface area (Å²) in [6.07, 6.45) is 1.80. The second-order valence-corrected chi connectivity index (χ2v) is 7.79. The molecule has 0 aliphatic carbocycles. The number of piperazine rings is 1. The van der Waals surface area contributed by atoms with Gasteiger partial charge in [0.25, 0.3) is 5.56 Å². The van der Waals surface area contributed by atoms with E-state index < -0.39 is 0 Å². The Morgan fingerprint density at radius 3 is 2.54 bits per heavy atom. The molecular weight excluding hydrogens is 395 g/mol. The maximum absolute atomic E-state index is 12.3. The summed E-state index contributed by atoms with van der Waals surface area (Å²) in [5, 5.41) is 1.31. The first-order valence-electron chi connectivity index (χ1n) is 9.10. The Hall–Kier alpha value is -2.34. The highest BCUT2D eigenvalue weighted by Gasteiger charge is 2.14. The summed E-state index contributed by atoms with van der Waals surface area (Å²) >= 11 is 12.4. The van der Waals surface area contributed by atoms with Gasteiger partial charge in [-0.05, 0) is 49.0 Å². The number of likely N-dealkylation sites (N-methyl/N-ethyl adjacent to an activating group) is 1. The second-order valence-electron chi connectivity index (χ2n) is 6.95. The van der Waals surface area contributed by atoms with Crippen LogP contribution in [0.4, 0.5) is 5.69 Å². The first-order valence-corrected chi connectivity index (χ1v) is 9.86. The molecular formula is C21H20Cl2N4O. The zero-order valence-corrected chi connectivity index (χ0v) is 17.0. The smallest absolute Gasteiger partial charge is 0.259 e. The fourth-order valence-corrected chi connectivity index (χ4v) is 3.67. The van der Waals surface area contributed by atoms with E-state index in [9.17, 15) is 4.79 Å². The number of fused-ring (bicyclic) bond motifs is 1. The number of nitrogens with one attached hydrogen (secondary N) is 1. The molecule has 4 rings (SSSR count). The molecule has 5 nitrogen and oxygen atoms in total. The number of aromatic nitrogens is 2. The zero-order valence-electron chi connectivity index (χ0n) is 15.5. The fraction of sp³-hybridized carbons (Fsp3) is 0.238. The summed E-state index contributed by atoms with van der Waals surface area (Å²) in [5.41, 5.74) is 2.44. The number of halogens is 2. The second kappa shape index (κ2) is 7.95. The van der Waals surface area contributed by atoms with Gasteiger partial charge >= 0.3 is 0 Å².